The summed E-state index contributed by atoms with van der Waals surface area (Å²) < 4.78 is 0. The molecule has 4 unspecified atom stereocenters. The quantitative estimate of drug-likeness (QED) is 0.800. The average molecular weight is 283 g/mol. The van der Waals surface area contributed by atoms with Gasteiger partial charge in [-0.05, 0) is 47.5 Å². The molecule has 0 aliphatic heterocycles. The summed E-state index contributed by atoms with van der Waals surface area (Å²) in [7, 11) is 0. The van der Waals surface area contributed by atoms with E-state index in [1.807, 2.05) is 12.1 Å². The van der Waals surface area contributed by atoms with Gasteiger partial charge < -0.3 is 10.8 Å². The fourth-order valence-corrected chi connectivity index (χ4v) is 5.73. The van der Waals surface area contributed by atoms with Crippen LogP contribution >= 0.6 is 0 Å². The zero-order valence-corrected chi connectivity index (χ0v) is 13.2. The number of hydrogen-bond donors (Lipinski definition) is 2. The Labute approximate surface area is 127 Å². The second kappa shape index (κ2) is 3.85. The smallest absolute Gasteiger partial charge is 0.124 e. The molecule has 4 atom stereocenters. The van der Waals surface area contributed by atoms with Crippen LogP contribution in [0.15, 0.2) is 30.0 Å². The predicted molar refractivity (Wildman–Crippen MR) is 85.6 cm³/mol. The first-order valence-corrected chi connectivity index (χ1v) is 8.15. The molecule has 3 N–H and O–H groups in total. The molecule has 2 heteroatoms. The summed E-state index contributed by atoms with van der Waals surface area (Å²) in [5.41, 5.74) is 9.60. The van der Waals surface area contributed by atoms with Crippen LogP contribution in [0.4, 0.5) is 0 Å². The molecule has 3 saturated carbocycles. The molecule has 5 rings (SSSR count). The van der Waals surface area contributed by atoms with Gasteiger partial charge in [-0.25, -0.2) is 0 Å². The number of nitrogens with two attached hydrogens (primary N) is 1. The van der Waals surface area contributed by atoms with Crippen molar-refractivity contribution in [3.8, 4) is 0 Å². The van der Waals surface area contributed by atoms with Crippen molar-refractivity contribution in [3.05, 3.63) is 41.2 Å². The van der Waals surface area contributed by atoms with Gasteiger partial charge in [0.15, 0.2) is 0 Å². The first-order chi connectivity index (χ1) is 9.87. The molecular formula is C19H25NO. The van der Waals surface area contributed by atoms with E-state index in [1.165, 1.54) is 24.8 Å². The van der Waals surface area contributed by atoms with Gasteiger partial charge >= 0.3 is 0 Å². The largest absolute Gasteiger partial charge is 0.509 e. The molecule has 21 heavy (non-hydrogen) atoms. The van der Waals surface area contributed by atoms with Crippen molar-refractivity contribution >= 4 is 5.70 Å². The van der Waals surface area contributed by atoms with Gasteiger partial charge in [-0.15, -0.1) is 0 Å². The summed E-state index contributed by atoms with van der Waals surface area (Å²) in [6.07, 6.45) is 3.79. The van der Waals surface area contributed by atoms with E-state index in [0.29, 0.717) is 22.8 Å². The van der Waals surface area contributed by atoms with Crippen molar-refractivity contribution in [1.29, 1.82) is 0 Å². The molecule has 2 nitrogen and oxygen atoms in total. The number of allylic oxidation sites excluding steroid dienone is 1. The third-order valence-corrected chi connectivity index (χ3v) is 7.07. The Bertz CT molecular complexity index is 643. The lowest BCUT2D eigenvalue weighted by atomic mass is 9.38. The van der Waals surface area contributed by atoms with Crippen LogP contribution in [0.3, 0.4) is 0 Å². The summed E-state index contributed by atoms with van der Waals surface area (Å²) in [6, 6.07) is 8.27. The van der Waals surface area contributed by atoms with Gasteiger partial charge in [0.05, 0.1) is 5.70 Å². The van der Waals surface area contributed by atoms with E-state index in [4.69, 9.17) is 5.73 Å². The van der Waals surface area contributed by atoms with E-state index in [0.717, 1.165) is 11.5 Å². The maximum Gasteiger partial charge on any atom is 0.124 e. The normalized spacial score (nSPS) is 39.9. The summed E-state index contributed by atoms with van der Waals surface area (Å²) in [5, 5.41) is 10.8. The van der Waals surface area contributed by atoms with Crippen molar-refractivity contribution in [2.45, 2.75) is 46.0 Å². The van der Waals surface area contributed by atoms with Gasteiger partial charge in [-0.3, -0.25) is 0 Å². The van der Waals surface area contributed by atoms with E-state index in [1.54, 1.807) is 0 Å². The number of aliphatic hydroxyl groups excluding tert-OH is 1. The Balaban J connectivity index is 1.84. The van der Waals surface area contributed by atoms with Crippen LogP contribution < -0.4 is 5.73 Å². The van der Waals surface area contributed by atoms with E-state index in [9.17, 15) is 5.11 Å². The zero-order chi connectivity index (χ0) is 15.0. The molecule has 0 amide bonds. The van der Waals surface area contributed by atoms with Gasteiger partial charge in [0.25, 0.3) is 0 Å². The Morgan fingerprint density at radius 3 is 2.57 bits per heavy atom. The van der Waals surface area contributed by atoms with Crippen LogP contribution in [-0.4, -0.2) is 5.11 Å². The third kappa shape index (κ3) is 1.43. The third-order valence-electron chi connectivity index (χ3n) is 7.07. The molecule has 4 aliphatic carbocycles. The Hall–Kier alpha value is -1.44. The molecule has 2 bridgehead atoms. The second-order valence-corrected chi connectivity index (χ2v) is 8.17. The summed E-state index contributed by atoms with van der Waals surface area (Å²) >= 11 is 0. The lowest BCUT2D eigenvalue weighted by Crippen LogP contribution is -2.58. The Morgan fingerprint density at radius 2 is 1.90 bits per heavy atom. The summed E-state index contributed by atoms with van der Waals surface area (Å²) in [5.74, 6) is 2.05. The molecule has 0 heterocycles. The zero-order valence-electron chi connectivity index (χ0n) is 13.2. The highest BCUT2D eigenvalue weighted by atomic mass is 16.3. The Morgan fingerprint density at radius 1 is 1.19 bits per heavy atom. The highest BCUT2D eigenvalue weighted by molar-refractivity contribution is 5.75. The van der Waals surface area contributed by atoms with Crippen LogP contribution in [0.2, 0.25) is 0 Å². The maximum absolute atomic E-state index is 10.8. The molecule has 1 aromatic rings. The van der Waals surface area contributed by atoms with E-state index >= 15 is 0 Å². The Kier molecular flexibility index (Phi) is 2.43. The van der Waals surface area contributed by atoms with Crippen molar-refractivity contribution in [2.24, 2.45) is 28.4 Å². The minimum absolute atomic E-state index is 0.0826. The fourth-order valence-electron chi connectivity index (χ4n) is 5.73. The number of fused-ring (bicyclic) bond motifs is 3. The predicted octanol–water partition coefficient (Wildman–Crippen LogP) is 4.43. The van der Waals surface area contributed by atoms with Gasteiger partial charge in [-0.1, -0.05) is 45.0 Å². The number of rotatable bonds is 1. The van der Waals surface area contributed by atoms with Crippen LogP contribution in [-0.2, 0) is 0 Å². The molecular weight excluding hydrogens is 258 g/mol. The summed E-state index contributed by atoms with van der Waals surface area (Å²) in [4.78, 5) is 0. The number of aliphatic hydroxyl groups is 1. The minimum atomic E-state index is 0.0826. The second-order valence-electron chi connectivity index (χ2n) is 8.17. The molecule has 0 radical (unpaired) electrons. The van der Waals surface area contributed by atoms with Crippen molar-refractivity contribution < 1.29 is 5.11 Å². The number of hydrogen-bond acceptors (Lipinski definition) is 2. The SMILES string of the molecule is CC1(C)C2CCC(C)(C3C(O)=C(N)c4ccccc43)C1C2. The van der Waals surface area contributed by atoms with Crippen molar-refractivity contribution in [2.75, 3.05) is 0 Å². The van der Waals surface area contributed by atoms with Gasteiger partial charge in [0, 0.05) is 11.5 Å². The molecule has 1 aromatic carbocycles. The van der Waals surface area contributed by atoms with Gasteiger partial charge in [-0.2, -0.15) is 0 Å². The van der Waals surface area contributed by atoms with Crippen LogP contribution in [0.25, 0.3) is 5.70 Å². The molecule has 0 saturated heterocycles. The van der Waals surface area contributed by atoms with Crippen LogP contribution in [0, 0.1) is 22.7 Å². The minimum Gasteiger partial charge on any atom is -0.509 e. The lowest BCUT2D eigenvalue weighted by molar-refractivity contribution is -0.158. The fraction of sp³-hybridized carbons (Fsp3) is 0.579. The maximum atomic E-state index is 10.8. The van der Waals surface area contributed by atoms with E-state index < -0.39 is 0 Å². The molecule has 0 aromatic heterocycles. The summed E-state index contributed by atoms with van der Waals surface area (Å²) in [6.45, 7) is 7.20. The number of benzene rings is 1. The van der Waals surface area contributed by atoms with Gasteiger partial charge in [0.1, 0.15) is 5.76 Å². The highest BCUT2D eigenvalue weighted by Crippen LogP contribution is 2.70. The van der Waals surface area contributed by atoms with Crippen molar-refractivity contribution in [1.82, 2.24) is 0 Å². The molecule has 0 spiro atoms. The molecule has 112 valence electrons. The first-order valence-electron chi connectivity index (χ1n) is 8.15. The topological polar surface area (TPSA) is 46.2 Å². The molecule has 4 aliphatic rings. The lowest BCUT2D eigenvalue weighted by Gasteiger charge is -2.66. The van der Waals surface area contributed by atoms with Crippen LogP contribution in [0.1, 0.15) is 57.1 Å². The standard InChI is InChI=1S/C19H25NO/c1-18(2)11-8-9-19(3,14(18)10-11)15-12-6-4-5-7-13(12)16(20)17(15)21/h4-7,11,14-15,21H,8-10,20H2,1-3H3. The molecule has 3 fully saturated rings. The van der Waals surface area contributed by atoms with E-state index in [-0.39, 0.29) is 11.3 Å². The first kappa shape index (κ1) is 13.2. The van der Waals surface area contributed by atoms with E-state index in [2.05, 4.69) is 32.9 Å². The van der Waals surface area contributed by atoms with Gasteiger partial charge in [0.2, 0.25) is 0 Å². The van der Waals surface area contributed by atoms with Crippen molar-refractivity contribution in [3.63, 3.8) is 0 Å². The highest BCUT2D eigenvalue weighted by Gasteiger charge is 2.62. The monoisotopic (exact) mass is 283 g/mol. The van der Waals surface area contributed by atoms with Crippen LogP contribution in [0.5, 0.6) is 0 Å². The average Bonchev–Trinajstić information content (AvgIpc) is 2.71.